The predicted molar refractivity (Wildman–Crippen MR) is 58.7 cm³/mol. The summed E-state index contributed by atoms with van der Waals surface area (Å²) in [5.74, 6) is 0.326. The summed E-state index contributed by atoms with van der Waals surface area (Å²) in [5, 5.41) is 12.7. The number of hydrogen-bond donors (Lipinski definition) is 2. The van der Waals surface area contributed by atoms with E-state index >= 15 is 0 Å². The van der Waals surface area contributed by atoms with Gasteiger partial charge >= 0.3 is 0 Å². The number of rotatable bonds is 4. The van der Waals surface area contributed by atoms with Crippen molar-refractivity contribution in [1.29, 1.82) is 0 Å². The molecule has 0 saturated carbocycles. The summed E-state index contributed by atoms with van der Waals surface area (Å²) >= 11 is 0. The molecule has 82 valence electrons. The van der Waals surface area contributed by atoms with Crippen molar-refractivity contribution in [3.8, 4) is 5.75 Å². The van der Waals surface area contributed by atoms with Crippen molar-refractivity contribution in [1.82, 2.24) is 5.32 Å². The van der Waals surface area contributed by atoms with Crippen LogP contribution in [0.5, 0.6) is 5.75 Å². The van der Waals surface area contributed by atoms with Crippen molar-refractivity contribution in [2.45, 2.75) is 13.5 Å². The van der Waals surface area contributed by atoms with Gasteiger partial charge in [0.1, 0.15) is 5.75 Å². The lowest BCUT2D eigenvalue weighted by molar-refractivity contribution is -0.0991. The second-order valence-electron chi connectivity index (χ2n) is 4.58. The quantitative estimate of drug-likeness (QED) is 0.786. The van der Waals surface area contributed by atoms with E-state index in [1.807, 2.05) is 12.1 Å². The van der Waals surface area contributed by atoms with Crippen LogP contribution < -0.4 is 5.32 Å². The molecule has 0 spiro atoms. The van der Waals surface area contributed by atoms with E-state index in [2.05, 4.69) is 12.2 Å². The van der Waals surface area contributed by atoms with Crippen LogP contribution in [-0.4, -0.2) is 24.9 Å². The van der Waals surface area contributed by atoms with Crippen molar-refractivity contribution < 1.29 is 9.84 Å². The normalized spacial score (nSPS) is 18.5. The second kappa shape index (κ2) is 4.21. The summed E-state index contributed by atoms with van der Waals surface area (Å²) in [6.45, 7) is 5.67. The lowest BCUT2D eigenvalue weighted by atomic mass is 9.89. The fourth-order valence-electron chi connectivity index (χ4n) is 1.73. The first-order valence-electron chi connectivity index (χ1n) is 5.24. The van der Waals surface area contributed by atoms with Crippen LogP contribution in [0.15, 0.2) is 24.3 Å². The van der Waals surface area contributed by atoms with Crippen molar-refractivity contribution in [3.63, 3.8) is 0 Å². The standard InChI is InChI=1S/C12H17NO2/c1-12(8-15-9-12)7-13-6-10-3-2-4-11(14)5-10/h2-5,13-14H,6-9H2,1H3. The van der Waals surface area contributed by atoms with Gasteiger partial charge in [-0.05, 0) is 17.7 Å². The van der Waals surface area contributed by atoms with Crippen molar-refractivity contribution in [2.75, 3.05) is 19.8 Å². The maximum absolute atomic E-state index is 9.28. The monoisotopic (exact) mass is 207 g/mol. The number of phenolic OH excluding ortho intramolecular Hbond substituents is 1. The van der Waals surface area contributed by atoms with Crippen LogP contribution in [0.2, 0.25) is 0 Å². The van der Waals surface area contributed by atoms with E-state index in [0.29, 0.717) is 11.2 Å². The first kappa shape index (κ1) is 10.5. The zero-order valence-corrected chi connectivity index (χ0v) is 8.99. The Balaban J connectivity index is 1.78. The van der Waals surface area contributed by atoms with Crippen molar-refractivity contribution in [2.24, 2.45) is 5.41 Å². The topological polar surface area (TPSA) is 41.5 Å². The minimum Gasteiger partial charge on any atom is -0.508 e. The molecule has 0 aliphatic carbocycles. The van der Waals surface area contributed by atoms with Crippen LogP contribution in [0.3, 0.4) is 0 Å². The van der Waals surface area contributed by atoms with Gasteiger partial charge in [-0.15, -0.1) is 0 Å². The van der Waals surface area contributed by atoms with E-state index in [1.54, 1.807) is 12.1 Å². The summed E-state index contributed by atoms with van der Waals surface area (Å²) in [5.41, 5.74) is 1.41. The van der Waals surface area contributed by atoms with Crippen LogP contribution in [0.4, 0.5) is 0 Å². The fraction of sp³-hybridized carbons (Fsp3) is 0.500. The zero-order chi connectivity index (χ0) is 10.7. The molecule has 15 heavy (non-hydrogen) atoms. The second-order valence-corrected chi connectivity index (χ2v) is 4.58. The molecule has 0 radical (unpaired) electrons. The Morgan fingerprint density at radius 1 is 1.47 bits per heavy atom. The Hall–Kier alpha value is -1.06. The van der Waals surface area contributed by atoms with Crippen LogP contribution in [0.25, 0.3) is 0 Å². The van der Waals surface area contributed by atoms with Crippen LogP contribution in [-0.2, 0) is 11.3 Å². The van der Waals surface area contributed by atoms with E-state index < -0.39 is 0 Å². The molecular formula is C12H17NO2. The molecule has 1 aliphatic heterocycles. The molecule has 0 atom stereocenters. The highest BCUT2D eigenvalue weighted by Gasteiger charge is 2.32. The molecule has 2 rings (SSSR count). The molecule has 1 aliphatic rings. The van der Waals surface area contributed by atoms with Gasteiger partial charge in [0.05, 0.1) is 13.2 Å². The fourth-order valence-corrected chi connectivity index (χ4v) is 1.73. The van der Waals surface area contributed by atoms with Gasteiger partial charge in [0, 0.05) is 18.5 Å². The molecule has 1 aromatic carbocycles. The molecule has 2 N–H and O–H groups in total. The molecule has 3 heteroatoms. The molecule has 1 saturated heterocycles. The Kier molecular flexibility index (Phi) is 2.93. The van der Waals surface area contributed by atoms with Gasteiger partial charge in [0.25, 0.3) is 0 Å². The summed E-state index contributed by atoms with van der Waals surface area (Å²) in [6, 6.07) is 7.34. The van der Waals surface area contributed by atoms with Gasteiger partial charge in [0.2, 0.25) is 0 Å². The smallest absolute Gasteiger partial charge is 0.115 e. The number of hydrogen-bond acceptors (Lipinski definition) is 3. The van der Waals surface area contributed by atoms with Crippen LogP contribution >= 0.6 is 0 Å². The van der Waals surface area contributed by atoms with Crippen molar-refractivity contribution >= 4 is 0 Å². The highest BCUT2D eigenvalue weighted by Crippen LogP contribution is 2.25. The number of aromatic hydroxyl groups is 1. The third kappa shape index (κ3) is 2.70. The first-order valence-corrected chi connectivity index (χ1v) is 5.24. The number of ether oxygens (including phenoxy) is 1. The van der Waals surface area contributed by atoms with Gasteiger partial charge in [-0.3, -0.25) is 0 Å². The van der Waals surface area contributed by atoms with E-state index in [1.165, 1.54) is 0 Å². The van der Waals surface area contributed by atoms with E-state index in [4.69, 9.17) is 4.74 Å². The van der Waals surface area contributed by atoms with E-state index in [0.717, 1.165) is 31.9 Å². The third-order valence-electron chi connectivity index (χ3n) is 2.69. The minimum absolute atomic E-state index is 0.302. The summed E-state index contributed by atoms with van der Waals surface area (Å²) < 4.78 is 5.18. The van der Waals surface area contributed by atoms with Gasteiger partial charge in [0.15, 0.2) is 0 Å². The van der Waals surface area contributed by atoms with E-state index in [-0.39, 0.29) is 0 Å². The lowest BCUT2D eigenvalue weighted by Crippen LogP contribution is -2.47. The van der Waals surface area contributed by atoms with Crippen LogP contribution in [0, 0.1) is 5.41 Å². The minimum atomic E-state index is 0.302. The zero-order valence-electron chi connectivity index (χ0n) is 8.99. The molecule has 0 aromatic heterocycles. The van der Waals surface area contributed by atoms with Gasteiger partial charge in [-0.1, -0.05) is 19.1 Å². The predicted octanol–water partition coefficient (Wildman–Crippen LogP) is 1.52. The average molecular weight is 207 g/mol. The number of benzene rings is 1. The summed E-state index contributed by atoms with van der Waals surface area (Å²) in [6.07, 6.45) is 0. The highest BCUT2D eigenvalue weighted by atomic mass is 16.5. The number of phenols is 1. The molecule has 3 nitrogen and oxygen atoms in total. The summed E-state index contributed by atoms with van der Waals surface area (Å²) in [4.78, 5) is 0. The Bertz CT molecular complexity index is 334. The Morgan fingerprint density at radius 2 is 2.27 bits per heavy atom. The average Bonchev–Trinajstić information content (AvgIpc) is 2.15. The summed E-state index contributed by atoms with van der Waals surface area (Å²) in [7, 11) is 0. The highest BCUT2D eigenvalue weighted by molar-refractivity contribution is 5.26. The maximum atomic E-state index is 9.28. The third-order valence-corrected chi connectivity index (χ3v) is 2.69. The van der Waals surface area contributed by atoms with Crippen molar-refractivity contribution in [3.05, 3.63) is 29.8 Å². The maximum Gasteiger partial charge on any atom is 0.115 e. The lowest BCUT2D eigenvalue weighted by Gasteiger charge is -2.38. The molecule has 1 fully saturated rings. The molecular weight excluding hydrogens is 190 g/mol. The Labute approximate surface area is 90.1 Å². The van der Waals surface area contributed by atoms with Gasteiger partial charge in [-0.25, -0.2) is 0 Å². The Morgan fingerprint density at radius 3 is 2.87 bits per heavy atom. The van der Waals surface area contributed by atoms with E-state index in [9.17, 15) is 5.11 Å². The SMILES string of the molecule is CC1(CNCc2cccc(O)c2)COC1. The molecule has 0 bridgehead atoms. The van der Waals surface area contributed by atoms with Gasteiger partial charge < -0.3 is 15.2 Å². The molecule has 1 aromatic rings. The number of nitrogens with one attached hydrogen (secondary N) is 1. The molecule has 0 unspecified atom stereocenters. The van der Waals surface area contributed by atoms with Gasteiger partial charge in [-0.2, -0.15) is 0 Å². The molecule has 0 amide bonds. The van der Waals surface area contributed by atoms with Crippen LogP contribution in [0.1, 0.15) is 12.5 Å². The molecule has 1 heterocycles. The first-order chi connectivity index (χ1) is 7.18. The largest absolute Gasteiger partial charge is 0.508 e.